The number of carbonyl (C=O) groups excluding carboxylic acids is 2. The molecular formula is C29H31N3O2. The number of rotatable bonds is 5. The highest BCUT2D eigenvalue weighted by Crippen LogP contribution is 2.32. The number of benzene rings is 3. The van der Waals surface area contributed by atoms with Crippen LogP contribution in [0, 0.1) is 13.8 Å². The topological polar surface area (TPSA) is 43.9 Å². The van der Waals surface area contributed by atoms with Crippen molar-refractivity contribution in [3.63, 3.8) is 0 Å². The van der Waals surface area contributed by atoms with Gasteiger partial charge in [-0.05, 0) is 36.6 Å². The molecule has 2 heterocycles. The van der Waals surface area contributed by atoms with Crippen LogP contribution in [0.2, 0.25) is 0 Å². The molecular weight excluding hydrogens is 422 g/mol. The van der Waals surface area contributed by atoms with Gasteiger partial charge in [0.15, 0.2) is 0 Å². The maximum Gasteiger partial charge on any atom is 0.251 e. The van der Waals surface area contributed by atoms with Crippen LogP contribution in [0.15, 0.2) is 78.9 Å². The van der Waals surface area contributed by atoms with Gasteiger partial charge in [0.2, 0.25) is 5.91 Å². The molecule has 5 heteroatoms. The second kappa shape index (κ2) is 9.53. The molecule has 0 N–H and O–H groups in total. The Morgan fingerprint density at radius 2 is 1.35 bits per heavy atom. The molecule has 2 fully saturated rings. The van der Waals surface area contributed by atoms with Crippen LogP contribution in [0.4, 0.5) is 5.69 Å². The Morgan fingerprint density at radius 1 is 0.765 bits per heavy atom. The zero-order valence-corrected chi connectivity index (χ0v) is 19.9. The average Bonchev–Trinajstić information content (AvgIpc) is 3.15. The van der Waals surface area contributed by atoms with Gasteiger partial charge >= 0.3 is 0 Å². The van der Waals surface area contributed by atoms with E-state index < -0.39 is 0 Å². The Hall–Kier alpha value is -3.28. The van der Waals surface area contributed by atoms with Crippen molar-refractivity contribution >= 4 is 17.5 Å². The Balaban J connectivity index is 1.32. The molecule has 0 bridgehead atoms. The zero-order chi connectivity index (χ0) is 23.7. The first kappa shape index (κ1) is 22.5. The zero-order valence-electron chi connectivity index (χ0n) is 19.9. The van der Waals surface area contributed by atoms with Crippen molar-refractivity contribution in [1.82, 2.24) is 9.80 Å². The van der Waals surface area contributed by atoms with E-state index in [2.05, 4.69) is 58.3 Å². The predicted octanol–water partition coefficient (Wildman–Crippen LogP) is 4.34. The number of anilines is 1. The van der Waals surface area contributed by atoms with E-state index in [0.717, 1.165) is 43.0 Å². The molecule has 1 atom stereocenters. The van der Waals surface area contributed by atoms with E-state index >= 15 is 0 Å². The highest BCUT2D eigenvalue weighted by atomic mass is 16.2. The number of piperazine rings is 1. The van der Waals surface area contributed by atoms with Crippen LogP contribution in [-0.2, 0) is 9.59 Å². The summed E-state index contributed by atoms with van der Waals surface area (Å²) in [6.07, 6.45) is 0.257. The first-order chi connectivity index (χ1) is 16.5. The van der Waals surface area contributed by atoms with Crippen molar-refractivity contribution in [2.45, 2.75) is 32.4 Å². The van der Waals surface area contributed by atoms with Crippen LogP contribution in [0.5, 0.6) is 0 Å². The minimum atomic E-state index is -0.373. The second-order valence-electron chi connectivity index (χ2n) is 9.37. The van der Waals surface area contributed by atoms with Gasteiger partial charge in [-0.25, -0.2) is 4.90 Å². The fraction of sp³-hybridized carbons (Fsp3) is 0.310. The van der Waals surface area contributed by atoms with E-state index in [1.807, 2.05) is 44.2 Å². The molecule has 2 amide bonds. The molecule has 0 saturated carbocycles. The van der Waals surface area contributed by atoms with Gasteiger partial charge in [0.1, 0.15) is 0 Å². The summed E-state index contributed by atoms with van der Waals surface area (Å²) in [5.41, 5.74) is 5.35. The fourth-order valence-corrected chi connectivity index (χ4v) is 5.40. The minimum absolute atomic E-state index is 0.0897. The normalized spacial score (nSPS) is 19.9. The summed E-state index contributed by atoms with van der Waals surface area (Å²) >= 11 is 0. The number of nitrogens with zero attached hydrogens (tertiary/aromatic N) is 3. The molecule has 1 unspecified atom stereocenters. The number of carbonyl (C=O) groups is 2. The van der Waals surface area contributed by atoms with E-state index in [0.29, 0.717) is 0 Å². The molecule has 174 valence electrons. The van der Waals surface area contributed by atoms with Crippen molar-refractivity contribution in [2.24, 2.45) is 0 Å². The van der Waals surface area contributed by atoms with E-state index in [-0.39, 0.29) is 30.3 Å². The van der Waals surface area contributed by atoms with Crippen molar-refractivity contribution in [2.75, 3.05) is 31.1 Å². The fourth-order valence-electron chi connectivity index (χ4n) is 5.40. The molecule has 5 rings (SSSR count). The number of imide groups is 1. The van der Waals surface area contributed by atoms with E-state index in [4.69, 9.17) is 0 Å². The van der Waals surface area contributed by atoms with Crippen molar-refractivity contribution in [1.29, 1.82) is 0 Å². The number of amides is 2. The van der Waals surface area contributed by atoms with Gasteiger partial charge in [0.05, 0.1) is 24.2 Å². The molecule has 34 heavy (non-hydrogen) atoms. The molecule has 0 aliphatic carbocycles. The SMILES string of the molecule is Cc1ccc(N2C(=O)CC(N3CCN(C(c4ccccc4)c4ccccc4)CC3)C2=O)c(C)c1. The Labute approximate surface area is 201 Å². The first-order valence-corrected chi connectivity index (χ1v) is 12.0. The third-order valence-corrected chi connectivity index (χ3v) is 7.10. The minimum Gasteiger partial charge on any atom is -0.290 e. The second-order valence-corrected chi connectivity index (χ2v) is 9.37. The summed E-state index contributed by atoms with van der Waals surface area (Å²) in [5, 5.41) is 0. The molecule has 2 aliphatic heterocycles. The maximum absolute atomic E-state index is 13.4. The number of hydrogen-bond acceptors (Lipinski definition) is 4. The lowest BCUT2D eigenvalue weighted by atomic mass is 9.96. The van der Waals surface area contributed by atoms with Gasteiger partial charge in [0, 0.05) is 26.2 Å². The highest BCUT2D eigenvalue weighted by molar-refractivity contribution is 6.22. The third kappa shape index (κ3) is 4.29. The van der Waals surface area contributed by atoms with Gasteiger partial charge in [0.25, 0.3) is 5.91 Å². The standard InChI is InChI=1S/C29H31N3O2/c1-21-13-14-25(22(2)19-21)32-27(33)20-26(29(32)34)30-15-17-31(18-16-30)28(23-9-5-3-6-10-23)24-11-7-4-8-12-24/h3-14,19,26,28H,15-18,20H2,1-2H3. The molecule has 0 radical (unpaired) electrons. The van der Waals surface area contributed by atoms with Crippen LogP contribution >= 0.6 is 0 Å². The van der Waals surface area contributed by atoms with Gasteiger partial charge in [-0.1, -0.05) is 78.4 Å². The van der Waals surface area contributed by atoms with Crippen molar-refractivity contribution in [3.05, 3.63) is 101 Å². The Kier molecular flexibility index (Phi) is 6.31. The average molecular weight is 454 g/mol. The monoisotopic (exact) mass is 453 g/mol. The third-order valence-electron chi connectivity index (χ3n) is 7.10. The summed E-state index contributed by atoms with van der Waals surface area (Å²) in [6.45, 7) is 7.19. The van der Waals surface area contributed by atoms with Crippen molar-refractivity contribution < 1.29 is 9.59 Å². The van der Waals surface area contributed by atoms with E-state index in [9.17, 15) is 9.59 Å². The Morgan fingerprint density at radius 3 is 1.91 bits per heavy atom. The molecule has 5 nitrogen and oxygen atoms in total. The largest absolute Gasteiger partial charge is 0.290 e. The molecule has 3 aromatic rings. The smallest absolute Gasteiger partial charge is 0.251 e. The van der Waals surface area contributed by atoms with Crippen LogP contribution in [0.3, 0.4) is 0 Å². The first-order valence-electron chi connectivity index (χ1n) is 12.0. The van der Waals surface area contributed by atoms with E-state index in [1.54, 1.807) is 0 Å². The Bertz CT molecular complexity index is 1130. The lowest BCUT2D eigenvalue weighted by Crippen LogP contribution is -2.53. The van der Waals surface area contributed by atoms with Crippen LogP contribution in [0.1, 0.15) is 34.7 Å². The quantitative estimate of drug-likeness (QED) is 0.539. The highest BCUT2D eigenvalue weighted by Gasteiger charge is 2.44. The number of aryl methyl sites for hydroxylation is 2. The summed E-state index contributed by atoms with van der Waals surface area (Å²) in [4.78, 5) is 32.3. The van der Waals surface area contributed by atoms with Crippen molar-refractivity contribution in [3.8, 4) is 0 Å². The predicted molar refractivity (Wildman–Crippen MR) is 135 cm³/mol. The summed E-state index contributed by atoms with van der Waals surface area (Å²) < 4.78 is 0. The summed E-state index contributed by atoms with van der Waals surface area (Å²) in [7, 11) is 0. The lowest BCUT2D eigenvalue weighted by molar-refractivity contribution is -0.123. The molecule has 0 aromatic heterocycles. The number of hydrogen-bond donors (Lipinski definition) is 0. The molecule has 2 saturated heterocycles. The van der Waals surface area contributed by atoms with Gasteiger partial charge in [-0.3, -0.25) is 19.4 Å². The lowest BCUT2D eigenvalue weighted by Gasteiger charge is -2.41. The van der Waals surface area contributed by atoms with Gasteiger partial charge < -0.3 is 0 Å². The maximum atomic E-state index is 13.4. The van der Waals surface area contributed by atoms with Crippen LogP contribution in [0.25, 0.3) is 0 Å². The molecule has 0 spiro atoms. The van der Waals surface area contributed by atoms with E-state index in [1.165, 1.54) is 16.0 Å². The summed E-state index contributed by atoms with van der Waals surface area (Å²) in [6, 6.07) is 26.9. The molecule has 2 aliphatic rings. The molecule has 3 aromatic carbocycles. The van der Waals surface area contributed by atoms with Gasteiger partial charge in [-0.15, -0.1) is 0 Å². The summed E-state index contributed by atoms with van der Waals surface area (Å²) in [5.74, 6) is -0.191. The van der Waals surface area contributed by atoms with Crippen LogP contribution < -0.4 is 4.90 Å². The van der Waals surface area contributed by atoms with Gasteiger partial charge in [-0.2, -0.15) is 0 Å². The van der Waals surface area contributed by atoms with Crippen LogP contribution in [-0.4, -0.2) is 53.8 Å².